The van der Waals surface area contributed by atoms with Crippen LogP contribution in [0.2, 0.25) is 0 Å². The van der Waals surface area contributed by atoms with Crippen molar-refractivity contribution >= 4 is 17.7 Å². The highest BCUT2D eigenvalue weighted by Gasteiger charge is 2.33. The number of hydroxylamine groups is 1. The lowest BCUT2D eigenvalue weighted by atomic mass is 10.0. The van der Waals surface area contributed by atoms with Crippen LogP contribution in [-0.4, -0.2) is 40.9 Å². The van der Waals surface area contributed by atoms with Crippen molar-refractivity contribution in [2.45, 2.75) is 12.8 Å². The first-order chi connectivity index (χ1) is 7.04. The Morgan fingerprint density at radius 1 is 1.60 bits per heavy atom. The third kappa shape index (κ3) is 2.91. The molecule has 15 heavy (non-hydrogen) atoms. The molecule has 3 amide bonds. The first kappa shape index (κ1) is 11.4. The third-order valence-corrected chi connectivity index (χ3v) is 2.32. The van der Waals surface area contributed by atoms with Gasteiger partial charge in [0.05, 0.1) is 0 Å². The van der Waals surface area contributed by atoms with Gasteiger partial charge in [-0.15, -0.1) is 0 Å². The molecule has 1 rings (SSSR count). The first-order valence-electron chi connectivity index (χ1n) is 4.54. The largest absolute Gasteiger partial charge is 0.370 e. The van der Waals surface area contributed by atoms with Gasteiger partial charge in [-0.2, -0.15) is 0 Å². The van der Waals surface area contributed by atoms with E-state index in [9.17, 15) is 14.4 Å². The fourth-order valence-corrected chi connectivity index (χ4v) is 1.60. The highest BCUT2D eigenvalue weighted by molar-refractivity contribution is 5.89. The van der Waals surface area contributed by atoms with Crippen LogP contribution in [0, 0.1) is 5.92 Å². The van der Waals surface area contributed by atoms with Gasteiger partial charge < -0.3 is 10.6 Å². The summed E-state index contributed by atoms with van der Waals surface area (Å²) in [5.41, 5.74) is 6.42. The van der Waals surface area contributed by atoms with Crippen LogP contribution in [0.3, 0.4) is 0 Å². The Morgan fingerprint density at radius 2 is 2.27 bits per heavy atom. The van der Waals surface area contributed by atoms with Crippen molar-refractivity contribution in [1.82, 2.24) is 10.4 Å². The van der Waals surface area contributed by atoms with E-state index in [4.69, 9.17) is 10.9 Å². The van der Waals surface area contributed by atoms with Gasteiger partial charge in [0.25, 0.3) is 5.91 Å². The monoisotopic (exact) mass is 215 g/mol. The summed E-state index contributed by atoms with van der Waals surface area (Å²) in [6, 6.07) is 0. The van der Waals surface area contributed by atoms with Gasteiger partial charge in [-0.3, -0.25) is 19.6 Å². The first-order valence-corrected chi connectivity index (χ1v) is 4.54. The molecule has 1 aliphatic heterocycles. The highest BCUT2D eigenvalue weighted by atomic mass is 16.5. The van der Waals surface area contributed by atoms with Gasteiger partial charge in [0.2, 0.25) is 11.8 Å². The molecule has 4 N–H and O–H groups in total. The molecule has 0 spiro atoms. The fourth-order valence-electron chi connectivity index (χ4n) is 1.60. The maximum Gasteiger partial charge on any atom is 0.262 e. The van der Waals surface area contributed by atoms with Crippen molar-refractivity contribution < 1.29 is 19.6 Å². The zero-order valence-corrected chi connectivity index (χ0v) is 8.10. The van der Waals surface area contributed by atoms with Gasteiger partial charge in [-0.05, 0) is 6.42 Å². The molecule has 0 aromatic carbocycles. The Kier molecular flexibility index (Phi) is 3.62. The Balaban J connectivity index is 2.49. The van der Waals surface area contributed by atoms with Crippen LogP contribution in [0.15, 0.2) is 0 Å². The van der Waals surface area contributed by atoms with Crippen LogP contribution < -0.4 is 11.2 Å². The predicted molar refractivity (Wildman–Crippen MR) is 48.4 cm³/mol. The van der Waals surface area contributed by atoms with E-state index in [1.807, 2.05) is 0 Å². The molecule has 0 aliphatic carbocycles. The summed E-state index contributed by atoms with van der Waals surface area (Å²) in [4.78, 5) is 34.3. The number of carbonyl (C=O) groups is 3. The number of carbonyl (C=O) groups excluding carboxylic acids is 3. The molecule has 1 saturated heterocycles. The Labute approximate surface area is 86.2 Å². The van der Waals surface area contributed by atoms with E-state index in [2.05, 4.69) is 0 Å². The van der Waals surface area contributed by atoms with Crippen LogP contribution in [-0.2, 0) is 14.4 Å². The second-order valence-electron chi connectivity index (χ2n) is 3.45. The summed E-state index contributed by atoms with van der Waals surface area (Å²) in [6.07, 6.45) is 0.524. The Morgan fingerprint density at radius 3 is 2.80 bits per heavy atom. The molecule has 1 atom stereocenters. The molecule has 0 aromatic rings. The smallest absolute Gasteiger partial charge is 0.262 e. The minimum atomic E-state index is -0.650. The van der Waals surface area contributed by atoms with Crippen LogP contribution in [0.5, 0.6) is 0 Å². The van der Waals surface area contributed by atoms with E-state index >= 15 is 0 Å². The topological polar surface area (TPSA) is 113 Å². The molecular formula is C8H13N3O4. The maximum atomic E-state index is 11.5. The summed E-state index contributed by atoms with van der Waals surface area (Å²) in [5, 5.41) is 8.28. The molecule has 1 heterocycles. The van der Waals surface area contributed by atoms with Gasteiger partial charge >= 0.3 is 0 Å². The number of nitrogens with two attached hydrogens (primary N) is 1. The molecule has 1 unspecified atom stereocenters. The Bertz CT molecular complexity index is 292. The van der Waals surface area contributed by atoms with E-state index in [1.165, 1.54) is 10.4 Å². The average Bonchev–Trinajstić information content (AvgIpc) is 2.49. The SMILES string of the molecule is NC(=O)CC1CCN(CC(=O)NO)C1=O. The van der Waals surface area contributed by atoms with Gasteiger partial charge in [-0.1, -0.05) is 0 Å². The van der Waals surface area contributed by atoms with E-state index in [0.29, 0.717) is 13.0 Å². The van der Waals surface area contributed by atoms with E-state index in [-0.39, 0.29) is 18.9 Å². The lowest BCUT2D eigenvalue weighted by molar-refractivity contribution is -0.139. The molecule has 0 aromatic heterocycles. The van der Waals surface area contributed by atoms with Gasteiger partial charge in [0.1, 0.15) is 6.54 Å². The molecule has 0 radical (unpaired) electrons. The van der Waals surface area contributed by atoms with E-state index in [0.717, 1.165) is 0 Å². The summed E-state index contributed by atoms with van der Waals surface area (Å²) >= 11 is 0. The highest BCUT2D eigenvalue weighted by Crippen LogP contribution is 2.20. The molecule has 1 aliphatic rings. The van der Waals surface area contributed by atoms with E-state index < -0.39 is 17.7 Å². The summed E-state index contributed by atoms with van der Waals surface area (Å²) in [5.74, 6) is -1.86. The van der Waals surface area contributed by atoms with Gasteiger partial charge in [0, 0.05) is 18.9 Å². The quantitative estimate of drug-likeness (QED) is 0.380. The zero-order valence-electron chi connectivity index (χ0n) is 8.10. The van der Waals surface area contributed by atoms with Gasteiger partial charge in [-0.25, -0.2) is 5.48 Å². The molecule has 7 nitrogen and oxygen atoms in total. The van der Waals surface area contributed by atoms with Crippen molar-refractivity contribution in [3.63, 3.8) is 0 Å². The minimum absolute atomic E-state index is 0.01000. The van der Waals surface area contributed by atoms with Crippen molar-refractivity contribution in [2.75, 3.05) is 13.1 Å². The number of rotatable bonds is 4. The van der Waals surface area contributed by atoms with Crippen molar-refractivity contribution in [3.05, 3.63) is 0 Å². The molecule has 1 fully saturated rings. The molecule has 84 valence electrons. The van der Waals surface area contributed by atoms with Crippen LogP contribution >= 0.6 is 0 Å². The summed E-state index contributed by atoms with van der Waals surface area (Å²) in [7, 11) is 0. The fraction of sp³-hybridized carbons (Fsp3) is 0.625. The molecule has 0 saturated carbocycles. The summed E-state index contributed by atoms with van der Waals surface area (Å²) in [6.45, 7) is 0.217. The number of hydrogen-bond acceptors (Lipinski definition) is 4. The standard InChI is InChI=1S/C8H13N3O4/c9-6(12)3-5-1-2-11(8(5)14)4-7(13)10-15/h5,15H,1-4H2,(H2,9,12)(H,10,13). The van der Waals surface area contributed by atoms with E-state index in [1.54, 1.807) is 0 Å². The number of hydrogen-bond donors (Lipinski definition) is 3. The van der Waals surface area contributed by atoms with Crippen LogP contribution in [0.1, 0.15) is 12.8 Å². The number of primary amides is 1. The third-order valence-electron chi connectivity index (χ3n) is 2.32. The summed E-state index contributed by atoms with van der Waals surface area (Å²) < 4.78 is 0. The molecule has 7 heteroatoms. The van der Waals surface area contributed by atoms with Crippen molar-refractivity contribution in [2.24, 2.45) is 11.7 Å². The average molecular weight is 215 g/mol. The van der Waals surface area contributed by atoms with Crippen LogP contribution in [0.25, 0.3) is 0 Å². The van der Waals surface area contributed by atoms with Crippen molar-refractivity contribution in [3.8, 4) is 0 Å². The number of amides is 3. The second-order valence-corrected chi connectivity index (χ2v) is 3.45. The number of nitrogens with zero attached hydrogens (tertiary/aromatic N) is 1. The second kappa shape index (κ2) is 4.74. The Hall–Kier alpha value is -1.63. The number of nitrogens with one attached hydrogen (secondary N) is 1. The van der Waals surface area contributed by atoms with Gasteiger partial charge in [0.15, 0.2) is 0 Å². The molecular weight excluding hydrogens is 202 g/mol. The lowest BCUT2D eigenvalue weighted by Gasteiger charge is -2.14. The molecule has 0 bridgehead atoms. The maximum absolute atomic E-state index is 11.5. The lowest BCUT2D eigenvalue weighted by Crippen LogP contribution is -2.38. The van der Waals surface area contributed by atoms with Crippen molar-refractivity contribution in [1.29, 1.82) is 0 Å². The number of likely N-dealkylation sites (tertiary alicyclic amines) is 1. The normalized spacial score (nSPS) is 20.5. The minimum Gasteiger partial charge on any atom is -0.370 e. The zero-order chi connectivity index (χ0) is 11.4. The van der Waals surface area contributed by atoms with Crippen LogP contribution in [0.4, 0.5) is 0 Å². The predicted octanol–water partition coefficient (Wildman–Crippen LogP) is -1.78.